The minimum atomic E-state index is -1.03. The van der Waals surface area contributed by atoms with Crippen molar-refractivity contribution in [2.45, 2.75) is 18.4 Å². The lowest BCUT2D eigenvalue weighted by atomic mass is 10.3. The average Bonchev–Trinajstić information content (AvgIpc) is 1.65. The van der Waals surface area contributed by atoms with Crippen molar-refractivity contribution in [1.29, 1.82) is 5.26 Å². The van der Waals surface area contributed by atoms with Crippen molar-refractivity contribution in [2.75, 3.05) is 0 Å². The van der Waals surface area contributed by atoms with Crippen molar-refractivity contribution >= 4 is 11.6 Å². The highest BCUT2D eigenvalue weighted by Crippen LogP contribution is 1.97. The van der Waals surface area contributed by atoms with E-state index in [9.17, 15) is 0 Å². The molecular formula is C4H6ClNO. The first-order valence-electron chi connectivity index (χ1n) is 1.90. The summed E-state index contributed by atoms with van der Waals surface area (Å²) in [5, 5.41) is 15.9. The molecule has 0 aromatic heterocycles. The summed E-state index contributed by atoms with van der Waals surface area (Å²) in [7, 11) is 0. The fourth-order valence-corrected chi connectivity index (χ4v) is 0.159. The lowest BCUT2D eigenvalue weighted by molar-refractivity contribution is 0.229. The number of alkyl halides is 1. The Hall–Kier alpha value is -0.260. The van der Waals surface area contributed by atoms with Gasteiger partial charge in [0.25, 0.3) is 0 Å². The van der Waals surface area contributed by atoms with E-state index in [0.29, 0.717) is 0 Å². The molecule has 0 aliphatic heterocycles. The van der Waals surface area contributed by atoms with Gasteiger partial charge in [-0.2, -0.15) is 5.26 Å². The Balaban J connectivity index is 3.40. The summed E-state index contributed by atoms with van der Waals surface area (Å²) in [4.78, 5) is 0. The molecule has 1 unspecified atom stereocenters. The van der Waals surface area contributed by atoms with E-state index in [1.165, 1.54) is 0 Å². The highest BCUT2D eigenvalue weighted by atomic mass is 35.5. The third-order valence-electron chi connectivity index (χ3n) is 0.567. The van der Waals surface area contributed by atoms with Gasteiger partial charge >= 0.3 is 0 Å². The molecule has 2 nitrogen and oxygen atoms in total. The molecule has 0 aromatic rings. The Bertz CT molecular complexity index is 86.2. The van der Waals surface area contributed by atoms with Gasteiger partial charge in [-0.05, 0) is 6.92 Å². The van der Waals surface area contributed by atoms with Crippen LogP contribution in [0.2, 0.25) is 0 Å². The second-order valence-corrected chi connectivity index (χ2v) is 1.94. The van der Waals surface area contributed by atoms with E-state index in [2.05, 4.69) is 0 Å². The zero-order valence-corrected chi connectivity index (χ0v) is 4.68. The van der Waals surface area contributed by atoms with Crippen LogP contribution in [0.4, 0.5) is 0 Å². The number of aliphatic hydroxyl groups excluding tert-OH is 1. The van der Waals surface area contributed by atoms with E-state index in [0.717, 1.165) is 0 Å². The predicted octanol–water partition coefficient (Wildman–Crippen LogP) is 0.498. The molecule has 40 valence electrons. The minimum absolute atomic E-state index is 0.468. The second-order valence-electron chi connectivity index (χ2n) is 1.25. The summed E-state index contributed by atoms with van der Waals surface area (Å²) in [6, 6.07) is 1.59. The molecule has 0 heterocycles. The molecule has 0 aliphatic rings. The third-order valence-corrected chi connectivity index (χ3v) is 0.806. The molecule has 0 saturated heterocycles. The predicted molar refractivity (Wildman–Crippen MR) is 26.9 cm³/mol. The van der Waals surface area contributed by atoms with Crippen molar-refractivity contribution in [1.82, 2.24) is 0 Å². The van der Waals surface area contributed by atoms with Gasteiger partial charge in [-0.3, -0.25) is 0 Å². The van der Waals surface area contributed by atoms with Gasteiger partial charge in [0, 0.05) is 0 Å². The molecule has 0 radical (unpaired) electrons. The van der Waals surface area contributed by atoms with Crippen LogP contribution in [0.25, 0.3) is 0 Å². The van der Waals surface area contributed by atoms with Gasteiger partial charge in [-0.15, -0.1) is 11.6 Å². The molecule has 0 aliphatic carbocycles. The van der Waals surface area contributed by atoms with Gasteiger partial charge in [0.05, 0.1) is 11.4 Å². The smallest absolute Gasteiger partial charge is 0.156 e. The lowest BCUT2D eigenvalue weighted by Gasteiger charge is -1.99. The molecular weight excluding hydrogens is 114 g/mol. The summed E-state index contributed by atoms with van der Waals surface area (Å²) >= 11 is 5.26. The molecule has 2 atom stereocenters. The number of nitriles is 1. The van der Waals surface area contributed by atoms with Crippen molar-refractivity contribution < 1.29 is 5.11 Å². The highest BCUT2D eigenvalue weighted by molar-refractivity contribution is 6.20. The van der Waals surface area contributed by atoms with Crippen LogP contribution >= 0.6 is 11.6 Å². The van der Waals surface area contributed by atoms with Crippen LogP contribution in [-0.2, 0) is 0 Å². The number of hydrogen-bond acceptors (Lipinski definition) is 2. The molecule has 0 bridgehead atoms. The van der Waals surface area contributed by atoms with Crippen LogP contribution in [0.1, 0.15) is 6.92 Å². The normalized spacial score (nSPS) is 17.4. The van der Waals surface area contributed by atoms with Crippen LogP contribution in [0.3, 0.4) is 0 Å². The fraction of sp³-hybridized carbons (Fsp3) is 0.750. The Morgan fingerprint density at radius 1 is 1.86 bits per heavy atom. The summed E-state index contributed by atoms with van der Waals surface area (Å²) in [5.41, 5.74) is 0. The van der Waals surface area contributed by atoms with E-state index in [4.69, 9.17) is 22.0 Å². The molecule has 0 rings (SSSR count). The summed E-state index contributed by atoms with van der Waals surface area (Å²) < 4.78 is 0. The largest absolute Gasteiger partial charge is 0.377 e. The molecule has 0 spiro atoms. The van der Waals surface area contributed by atoms with E-state index < -0.39 is 11.5 Å². The average molecular weight is 120 g/mol. The Labute approximate surface area is 47.3 Å². The summed E-state index contributed by atoms with van der Waals surface area (Å²) in [6.45, 7) is 1.56. The van der Waals surface area contributed by atoms with Gasteiger partial charge in [0.15, 0.2) is 6.10 Å². The van der Waals surface area contributed by atoms with E-state index >= 15 is 0 Å². The first-order chi connectivity index (χ1) is 3.18. The van der Waals surface area contributed by atoms with Gasteiger partial charge in [0.2, 0.25) is 0 Å². The monoisotopic (exact) mass is 119 g/mol. The van der Waals surface area contributed by atoms with Crippen LogP contribution in [-0.4, -0.2) is 16.6 Å². The van der Waals surface area contributed by atoms with Crippen molar-refractivity contribution in [3.8, 4) is 6.07 Å². The fourth-order valence-electron chi connectivity index (χ4n) is 0.103. The zero-order chi connectivity index (χ0) is 5.86. The number of nitrogens with zero attached hydrogens (tertiary/aromatic N) is 1. The zero-order valence-electron chi connectivity index (χ0n) is 3.93. The van der Waals surface area contributed by atoms with E-state index in [1.807, 2.05) is 0 Å². The number of rotatable bonds is 1. The first-order valence-corrected chi connectivity index (χ1v) is 2.34. The molecule has 0 saturated carbocycles. The van der Waals surface area contributed by atoms with Gasteiger partial charge in [-0.25, -0.2) is 0 Å². The summed E-state index contributed by atoms with van der Waals surface area (Å²) in [6.07, 6.45) is -1.03. The molecule has 1 N–H and O–H groups in total. The number of halogens is 1. The summed E-state index contributed by atoms with van der Waals surface area (Å²) in [5.74, 6) is 0. The topological polar surface area (TPSA) is 44.0 Å². The van der Waals surface area contributed by atoms with Crippen molar-refractivity contribution in [3.05, 3.63) is 0 Å². The first kappa shape index (κ1) is 6.74. The van der Waals surface area contributed by atoms with Gasteiger partial charge in [-0.1, -0.05) is 0 Å². The van der Waals surface area contributed by atoms with E-state index in [-0.39, 0.29) is 0 Å². The molecule has 0 amide bonds. The van der Waals surface area contributed by atoms with Crippen LogP contribution in [0, 0.1) is 11.3 Å². The van der Waals surface area contributed by atoms with Crippen LogP contribution in [0.5, 0.6) is 0 Å². The lowest BCUT2D eigenvalue weighted by Crippen LogP contribution is -2.13. The highest BCUT2D eigenvalue weighted by Gasteiger charge is 2.06. The maximum Gasteiger partial charge on any atom is 0.156 e. The standard InChI is InChI=1S/C4H6ClNO/c1-3(5)4(7)2-6/h3-4,7H,1H3/t3?,4-/m1/s1. The Morgan fingerprint density at radius 2 is 2.29 bits per heavy atom. The molecule has 7 heavy (non-hydrogen) atoms. The number of aliphatic hydroxyl groups is 1. The van der Waals surface area contributed by atoms with Crippen molar-refractivity contribution in [3.63, 3.8) is 0 Å². The maximum atomic E-state index is 8.44. The van der Waals surface area contributed by atoms with Crippen LogP contribution in [0.15, 0.2) is 0 Å². The second kappa shape index (κ2) is 2.84. The van der Waals surface area contributed by atoms with E-state index in [1.54, 1.807) is 13.0 Å². The van der Waals surface area contributed by atoms with Gasteiger partial charge in [0.1, 0.15) is 0 Å². The Kier molecular flexibility index (Phi) is 2.73. The van der Waals surface area contributed by atoms with Gasteiger partial charge < -0.3 is 5.11 Å². The molecule has 3 heteroatoms. The minimum Gasteiger partial charge on any atom is -0.377 e. The molecule has 0 fully saturated rings. The molecule has 0 aromatic carbocycles. The number of hydrogen-bond donors (Lipinski definition) is 1. The SMILES string of the molecule is CC(Cl)[C@H](O)C#N. The third kappa shape index (κ3) is 2.44. The maximum absolute atomic E-state index is 8.44. The Morgan fingerprint density at radius 3 is 2.29 bits per heavy atom. The van der Waals surface area contributed by atoms with Crippen molar-refractivity contribution in [2.24, 2.45) is 0 Å². The van der Waals surface area contributed by atoms with Crippen LogP contribution < -0.4 is 0 Å². The quantitative estimate of drug-likeness (QED) is 0.404.